The van der Waals surface area contributed by atoms with Gasteiger partial charge in [0.15, 0.2) is 11.5 Å². The van der Waals surface area contributed by atoms with Crippen LogP contribution in [0.3, 0.4) is 0 Å². The molecule has 3 aromatic rings. The molecule has 0 radical (unpaired) electrons. The van der Waals surface area contributed by atoms with Gasteiger partial charge in [-0.1, -0.05) is 17.7 Å². The van der Waals surface area contributed by atoms with Gasteiger partial charge < -0.3 is 25.2 Å². The number of nitrogens with zero attached hydrogens (tertiary/aromatic N) is 4. The number of hydrogen-bond donors (Lipinski definition) is 2. The van der Waals surface area contributed by atoms with E-state index < -0.39 is 11.7 Å². The number of carbonyl (C=O) groups is 1. The highest BCUT2D eigenvalue weighted by Gasteiger charge is 2.19. The van der Waals surface area contributed by atoms with Crippen LogP contribution in [0.15, 0.2) is 48.7 Å². The number of ether oxygens (including phenoxy) is 1. The van der Waals surface area contributed by atoms with E-state index in [1.165, 1.54) is 25.4 Å². The highest BCUT2D eigenvalue weighted by atomic mass is 35.5. The molecule has 0 spiro atoms. The van der Waals surface area contributed by atoms with E-state index in [0.717, 1.165) is 37.6 Å². The third-order valence-electron chi connectivity index (χ3n) is 5.38. The van der Waals surface area contributed by atoms with E-state index >= 15 is 0 Å². The van der Waals surface area contributed by atoms with Crippen molar-refractivity contribution in [3.63, 3.8) is 0 Å². The maximum Gasteiger partial charge on any atom is 0.276 e. The largest absolute Gasteiger partial charge is 0.494 e. The van der Waals surface area contributed by atoms with Crippen LogP contribution in [0.2, 0.25) is 5.02 Å². The average molecular weight is 471 g/mol. The van der Waals surface area contributed by atoms with Gasteiger partial charge in [0, 0.05) is 37.6 Å². The van der Waals surface area contributed by atoms with Crippen LogP contribution < -0.4 is 20.3 Å². The summed E-state index contributed by atoms with van der Waals surface area (Å²) in [5.41, 5.74) is 1.73. The van der Waals surface area contributed by atoms with Crippen molar-refractivity contribution >= 4 is 40.5 Å². The zero-order valence-electron chi connectivity index (χ0n) is 18.3. The molecule has 1 amide bonds. The van der Waals surface area contributed by atoms with Crippen LogP contribution in [-0.4, -0.2) is 61.1 Å². The van der Waals surface area contributed by atoms with Crippen molar-refractivity contribution in [2.75, 3.05) is 55.9 Å². The molecule has 8 nitrogen and oxygen atoms in total. The van der Waals surface area contributed by atoms with Gasteiger partial charge in [-0.3, -0.25) is 4.79 Å². The number of anilines is 4. The third kappa shape index (κ3) is 5.32. The maximum atomic E-state index is 14.2. The second-order valence-corrected chi connectivity index (χ2v) is 8.03. The number of aromatic nitrogens is 2. The zero-order chi connectivity index (χ0) is 23.4. The number of hydrogen-bond acceptors (Lipinski definition) is 7. The Morgan fingerprint density at radius 1 is 1.12 bits per heavy atom. The van der Waals surface area contributed by atoms with Crippen molar-refractivity contribution < 1.29 is 13.9 Å². The topological polar surface area (TPSA) is 82.6 Å². The molecule has 2 N–H and O–H groups in total. The molecule has 1 saturated heterocycles. The summed E-state index contributed by atoms with van der Waals surface area (Å²) in [6.45, 7) is 4.02. The summed E-state index contributed by atoms with van der Waals surface area (Å²) < 4.78 is 19.3. The summed E-state index contributed by atoms with van der Waals surface area (Å²) in [5.74, 6) is -0.935. The van der Waals surface area contributed by atoms with Crippen LogP contribution in [0, 0.1) is 5.82 Å². The first kappa shape index (κ1) is 22.8. The number of halogens is 2. The quantitative estimate of drug-likeness (QED) is 0.563. The number of piperazine rings is 1. The number of benzene rings is 2. The van der Waals surface area contributed by atoms with Gasteiger partial charge in [-0.05, 0) is 43.4 Å². The lowest BCUT2D eigenvalue weighted by Crippen LogP contribution is -2.44. The minimum atomic E-state index is -0.681. The fourth-order valence-corrected chi connectivity index (χ4v) is 3.68. The van der Waals surface area contributed by atoms with E-state index in [4.69, 9.17) is 16.3 Å². The van der Waals surface area contributed by atoms with Gasteiger partial charge in [0.1, 0.15) is 11.4 Å². The van der Waals surface area contributed by atoms with Crippen molar-refractivity contribution in [1.29, 1.82) is 0 Å². The van der Waals surface area contributed by atoms with Crippen LogP contribution in [0.1, 0.15) is 10.5 Å². The van der Waals surface area contributed by atoms with Crippen molar-refractivity contribution in [3.05, 3.63) is 65.2 Å². The summed E-state index contributed by atoms with van der Waals surface area (Å²) in [5, 5.41) is 5.59. The Labute approximate surface area is 196 Å². The summed E-state index contributed by atoms with van der Waals surface area (Å²) in [7, 11) is 3.51. The Morgan fingerprint density at radius 2 is 1.85 bits per heavy atom. The normalized spacial score (nSPS) is 14.1. The number of likely N-dealkylation sites (N-methyl/N-ethyl adjacent to an activating group) is 1. The van der Waals surface area contributed by atoms with Gasteiger partial charge in [-0.15, -0.1) is 0 Å². The van der Waals surface area contributed by atoms with Gasteiger partial charge in [0.2, 0.25) is 5.95 Å². The number of rotatable bonds is 6. The predicted molar refractivity (Wildman–Crippen MR) is 127 cm³/mol. The maximum absolute atomic E-state index is 14.2. The smallest absolute Gasteiger partial charge is 0.276 e. The number of para-hydroxylation sites is 1. The first-order valence-electron chi connectivity index (χ1n) is 10.4. The molecule has 2 aromatic carbocycles. The molecule has 0 atom stereocenters. The molecule has 10 heteroatoms. The molecule has 2 heterocycles. The first-order chi connectivity index (χ1) is 15.9. The summed E-state index contributed by atoms with van der Waals surface area (Å²) in [6.07, 6.45) is 1.32. The van der Waals surface area contributed by atoms with Gasteiger partial charge in [0.05, 0.1) is 18.3 Å². The minimum Gasteiger partial charge on any atom is -0.494 e. The van der Waals surface area contributed by atoms with E-state index in [0.29, 0.717) is 0 Å². The Morgan fingerprint density at radius 3 is 2.55 bits per heavy atom. The second kappa shape index (κ2) is 10.0. The van der Waals surface area contributed by atoms with Crippen LogP contribution in [0.5, 0.6) is 5.75 Å². The van der Waals surface area contributed by atoms with Crippen molar-refractivity contribution in [1.82, 2.24) is 14.9 Å². The predicted octanol–water partition coefficient (Wildman–Crippen LogP) is 4.03. The highest BCUT2D eigenvalue weighted by Crippen LogP contribution is 2.28. The number of methoxy groups -OCH3 is 1. The first-order valence-corrected chi connectivity index (χ1v) is 10.8. The molecule has 0 saturated carbocycles. The van der Waals surface area contributed by atoms with Gasteiger partial charge >= 0.3 is 0 Å². The van der Waals surface area contributed by atoms with Gasteiger partial charge in [-0.2, -0.15) is 0 Å². The molecule has 1 aromatic heterocycles. The van der Waals surface area contributed by atoms with E-state index in [2.05, 4.69) is 37.4 Å². The number of nitrogens with one attached hydrogen (secondary N) is 2. The molecule has 0 aliphatic carbocycles. The Balaban J connectivity index is 1.48. The van der Waals surface area contributed by atoms with Crippen molar-refractivity contribution in [2.24, 2.45) is 0 Å². The molecule has 33 heavy (non-hydrogen) atoms. The summed E-state index contributed by atoms with van der Waals surface area (Å²) in [4.78, 5) is 25.8. The fraction of sp³-hybridized carbons (Fsp3) is 0.261. The average Bonchev–Trinajstić information content (AvgIpc) is 2.82. The lowest BCUT2D eigenvalue weighted by Gasteiger charge is -2.34. The fourth-order valence-electron chi connectivity index (χ4n) is 3.50. The van der Waals surface area contributed by atoms with E-state index in [1.807, 2.05) is 24.3 Å². The SMILES string of the molecule is COc1cccc(F)c1NC(=O)c1nc(Nc2ccc(N3CCN(C)CC3)cc2)ncc1Cl. The van der Waals surface area contributed by atoms with E-state index in [9.17, 15) is 9.18 Å². The molecule has 1 aliphatic rings. The van der Waals surface area contributed by atoms with Crippen LogP contribution in [0.25, 0.3) is 0 Å². The lowest BCUT2D eigenvalue weighted by molar-refractivity contribution is 0.102. The van der Waals surface area contributed by atoms with Crippen molar-refractivity contribution in [3.8, 4) is 5.75 Å². The molecule has 172 valence electrons. The van der Waals surface area contributed by atoms with E-state index in [-0.39, 0.29) is 28.1 Å². The lowest BCUT2D eigenvalue weighted by atomic mass is 10.2. The molecular formula is C23H24ClFN6O2. The van der Waals surface area contributed by atoms with Gasteiger partial charge in [0.25, 0.3) is 5.91 Å². The van der Waals surface area contributed by atoms with Gasteiger partial charge in [-0.25, -0.2) is 14.4 Å². The standard InChI is InChI=1S/C23H24ClFN6O2/c1-30-10-12-31(13-11-30)16-8-6-15(7-9-16)27-23-26-14-17(24)20(29-23)22(32)28-21-18(25)4-3-5-19(21)33-2/h3-9,14H,10-13H2,1-2H3,(H,28,32)(H,26,27,29). The van der Waals surface area contributed by atoms with E-state index in [1.54, 1.807) is 6.07 Å². The minimum absolute atomic E-state index is 0.0405. The summed E-state index contributed by atoms with van der Waals surface area (Å²) in [6, 6.07) is 12.2. The molecule has 1 aliphatic heterocycles. The molecule has 1 fully saturated rings. The van der Waals surface area contributed by atoms with Crippen molar-refractivity contribution in [2.45, 2.75) is 0 Å². The molecular weight excluding hydrogens is 447 g/mol. The van der Waals surface area contributed by atoms with Crippen LogP contribution >= 0.6 is 11.6 Å². The Kier molecular flexibility index (Phi) is 6.90. The molecule has 4 rings (SSSR count). The summed E-state index contributed by atoms with van der Waals surface area (Å²) >= 11 is 6.14. The number of carbonyl (C=O) groups excluding carboxylic acids is 1. The highest BCUT2D eigenvalue weighted by molar-refractivity contribution is 6.34. The second-order valence-electron chi connectivity index (χ2n) is 7.62. The zero-order valence-corrected chi connectivity index (χ0v) is 19.1. The Bertz CT molecular complexity index is 1140. The molecule has 0 unspecified atom stereocenters. The third-order valence-corrected chi connectivity index (χ3v) is 5.66. The molecule has 0 bridgehead atoms. The number of amides is 1. The monoisotopic (exact) mass is 470 g/mol. The Hall–Kier alpha value is -3.43. The van der Waals surface area contributed by atoms with Crippen LogP contribution in [0.4, 0.5) is 27.4 Å². The van der Waals surface area contributed by atoms with Crippen LogP contribution in [-0.2, 0) is 0 Å².